The van der Waals surface area contributed by atoms with Crippen LogP contribution in [0.5, 0.6) is 11.5 Å². The molecule has 0 saturated heterocycles. The van der Waals surface area contributed by atoms with E-state index in [4.69, 9.17) is 5.11 Å². The molecule has 0 aliphatic carbocycles. The average molecular weight is 324 g/mol. The quantitative estimate of drug-likeness (QED) is 0.694. The molecule has 24 heavy (non-hydrogen) atoms. The molecule has 3 aromatic carbocycles. The highest BCUT2D eigenvalue weighted by atomic mass is 16.3. The number of rotatable bonds is 3. The zero-order valence-electron chi connectivity index (χ0n) is 12.4. The number of hydrogen-bond donors (Lipinski definition) is 2. The van der Waals surface area contributed by atoms with Gasteiger partial charge in [-0.2, -0.15) is 0 Å². The minimum absolute atomic E-state index is 0.0278. The van der Waals surface area contributed by atoms with Gasteiger partial charge in [-0.15, -0.1) is 0 Å². The lowest BCUT2D eigenvalue weighted by Crippen LogP contribution is -2.32. The first-order chi connectivity index (χ1) is 11.3. The van der Waals surface area contributed by atoms with Crippen molar-refractivity contribution in [2.75, 3.05) is 0 Å². The molecular weight excluding hydrogens is 312 g/mol. The first kappa shape index (κ1) is 16.8. The highest BCUT2D eigenvalue weighted by Gasteiger charge is 2.20. The maximum atomic E-state index is 11.1. The zero-order chi connectivity index (χ0) is 18.0. The highest BCUT2D eigenvalue weighted by molar-refractivity contribution is 5.74. The minimum atomic E-state index is -0.815. The third-order valence-corrected chi connectivity index (χ3v) is 3.45. The third-order valence-electron chi connectivity index (χ3n) is 3.45. The van der Waals surface area contributed by atoms with E-state index in [9.17, 15) is 24.3 Å². The Morgan fingerprint density at radius 2 is 1.25 bits per heavy atom. The van der Waals surface area contributed by atoms with Gasteiger partial charge >= 0.3 is 0 Å². The molecule has 0 bridgehead atoms. The molecule has 0 unspecified atom stereocenters. The predicted octanol–water partition coefficient (Wildman–Crippen LogP) is 0.929. The molecule has 0 spiro atoms. The van der Waals surface area contributed by atoms with Crippen LogP contribution in [-0.2, 0) is 0 Å². The van der Waals surface area contributed by atoms with Gasteiger partial charge in [0, 0.05) is 0 Å². The zero-order valence-corrected chi connectivity index (χ0v) is 12.4. The molecule has 6 nitrogen and oxygen atoms in total. The van der Waals surface area contributed by atoms with Crippen LogP contribution in [-0.4, -0.2) is 10.2 Å². The largest absolute Gasteiger partial charge is 0.504 e. The van der Waals surface area contributed by atoms with Gasteiger partial charge < -0.3 is 10.2 Å². The number of aromatic hydroxyl groups is 2. The average Bonchev–Trinajstić information content (AvgIpc) is 2.62. The van der Waals surface area contributed by atoms with Crippen LogP contribution in [0.15, 0.2) is 56.6 Å². The van der Waals surface area contributed by atoms with Gasteiger partial charge in [-0.3, -0.25) is 19.2 Å². The van der Waals surface area contributed by atoms with Gasteiger partial charge in [-0.05, 0) is 11.1 Å². The van der Waals surface area contributed by atoms with Gasteiger partial charge in [-0.1, -0.05) is 49.6 Å². The molecule has 3 rings (SSSR count). The fourth-order valence-corrected chi connectivity index (χ4v) is 2.02. The fraction of sp³-hybridized carbons (Fsp3) is 0. The topological polar surface area (TPSA) is 109 Å². The summed E-state index contributed by atoms with van der Waals surface area (Å²) in [6, 6.07) is 6.87. The van der Waals surface area contributed by atoms with Crippen molar-refractivity contribution in [1.29, 1.82) is 0 Å². The second kappa shape index (κ2) is 6.29. The first-order valence-corrected chi connectivity index (χ1v) is 6.73. The molecule has 0 aliphatic heterocycles. The second-order valence-electron chi connectivity index (χ2n) is 4.83. The Labute approximate surface area is 135 Å². The molecule has 0 amide bonds. The first-order valence-electron chi connectivity index (χ1n) is 6.73. The van der Waals surface area contributed by atoms with Crippen molar-refractivity contribution in [3.8, 4) is 22.6 Å². The van der Waals surface area contributed by atoms with E-state index in [0.29, 0.717) is 5.56 Å². The lowest BCUT2D eigenvalue weighted by molar-refractivity contribution is 0.461. The summed E-state index contributed by atoms with van der Waals surface area (Å²) in [7, 11) is 0. The van der Waals surface area contributed by atoms with Gasteiger partial charge in [0.15, 0.2) is 11.5 Å². The lowest BCUT2D eigenvalue weighted by atomic mass is 9.99. The molecule has 120 valence electrons. The number of benzene rings is 1. The lowest BCUT2D eigenvalue weighted by Gasteiger charge is -2.05. The van der Waals surface area contributed by atoms with Crippen molar-refractivity contribution in [3.63, 3.8) is 0 Å². The highest BCUT2D eigenvalue weighted by Crippen LogP contribution is 2.24. The smallest absolute Gasteiger partial charge is 0.268 e. The van der Waals surface area contributed by atoms with E-state index < -0.39 is 33.2 Å². The van der Waals surface area contributed by atoms with E-state index in [2.05, 4.69) is 13.2 Å². The van der Waals surface area contributed by atoms with Crippen LogP contribution >= 0.6 is 0 Å². The third kappa shape index (κ3) is 2.61. The van der Waals surface area contributed by atoms with Gasteiger partial charge in [0.25, 0.3) is 10.9 Å². The van der Waals surface area contributed by atoms with Crippen LogP contribution in [0, 0.1) is 0 Å². The van der Waals surface area contributed by atoms with Crippen molar-refractivity contribution in [3.05, 3.63) is 89.4 Å². The van der Waals surface area contributed by atoms with Crippen molar-refractivity contribution in [1.82, 2.24) is 0 Å². The molecule has 0 saturated carbocycles. The maximum absolute atomic E-state index is 11.1. The Bertz CT molecular complexity index is 1070. The summed E-state index contributed by atoms with van der Waals surface area (Å²) in [6.07, 6.45) is 2.84. The molecule has 2 N–H and O–H groups in total. The van der Waals surface area contributed by atoms with Crippen LogP contribution in [0.3, 0.4) is 0 Å². The molecule has 0 aromatic heterocycles. The van der Waals surface area contributed by atoms with Crippen LogP contribution in [0.25, 0.3) is 23.3 Å². The molecule has 0 aliphatic rings. The van der Waals surface area contributed by atoms with Crippen LogP contribution in [0.1, 0.15) is 11.1 Å². The molecule has 0 heterocycles. The predicted molar refractivity (Wildman–Crippen MR) is 91.7 cm³/mol. The van der Waals surface area contributed by atoms with Crippen LogP contribution < -0.4 is 21.7 Å². The minimum Gasteiger partial charge on any atom is -0.504 e. The summed E-state index contributed by atoms with van der Waals surface area (Å²) < 4.78 is 0. The van der Waals surface area contributed by atoms with E-state index >= 15 is 0 Å². The summed E-state index contributed by atoms with van der Waals surface area (Å²) in [4.78, 5) is 42.5. The van der Waals surface area contributed by atoms with Gasteiger partial charge in [0.1, 0.15) is 0 Å². The van der Waals surface area contributed by atoms with E-state index in [1.54, 1.807) is 30.3 Å². The van der Waals surface area contributed by atoms with Crippen LogP contribution in [0.2, 0.25) is 0 Å². The van der Waals surface area contributed by atoms with E-state index in [-0.39, 0.29) is 11.1 Å². The second-order valence-corrected chi connectivity index (χ2v) is 4.83. The molecule has 0 radical (unpaired) electrons. The molecule has 0 fully saturated rings. The Morgan fingerprint density at radius 1 is 0.708 bits per heavy atom. The SMILES string of the molecule is C=Cc1c(O)c(=O)c1=O.C=Cc1ccc(-c2c(O)c(=O)c2=O)cc1. The Morgan fingerprint density at radius 3 is 1.62 bits per heavy atom. The molecule has 0 atom stereocenters. The van der Waals surface area contributed by atoms with Gasteiger partial charge in [-0.25, -0.2) is 0 Å². The maximum Gasteiger partial charge on any atom is 0.268 e. The Hall–Kier alpha value is -3.54. The molecular formula is C18H12O6. The monoisotopic (exact) mass is 324 g/mol. The standard InChI is InChI=1S/C12H8O3.C6H4O3/c1-2-7-3-5-8(6-4-7)9-10(13)12(15)11(9)14;1-2-3-4(7)6(9)5(3)8/h2-6,13H,1H2;2,7H,1H2. The van der Waals surface area contributed by atoms with Crippen LogP contribution in [0.4, 0.5) is 0 Å². The van der Waals surface area contributed by atoms with E-state index in [0.717, 1.165) is 5.56 Å². The summed E-state index contributed by atoms with van der Waals surface area (Å²) in [5.74, 6) is -0.902. The normalized spacial score (nSPS) is 10.2. The van der Waals surface area contributed by atoms with Gasteiger partial charge in [0.05, 0.1) is 11.1 Å². The molecule has 3 aromatic rings. The van der Waals surface area contributed by atoms with E-state index in [1.807, 2.05) is 0 Å². The van der Waals surface area contributed by atoms with Crippen molar-refractivity contribution >= 4 is 12.2 Å². The molecule has 6 heteroatoms. The van der Waals surface area contributed by atoms with Crippen molar-refractivity contribution in [2.45, 2.75) is 0 Å². The Balaban J connectivity index is 0.000000198. The summed E-state index contributed by atoms with van der Waals surface area (Å²) in [5, 5.41) is 17.8. The van der Waals surface area contributed by atoms with E-state index in [1.165, 1.54) is 6.08 Å². The van der Waals surface area contributed by atoms with Crippen molar-refractivity contribution < 1.29 is 10.2 Å². The Kier molecular flexibility index (Phi) is 4.41. The van der Waals surface area contributed by atoms with Gasteiger partial charge in [0.2, 0.25) is 10.9 Å². The summed E-state index contributed by atoms with van der Waals surface area (Å²) in [6.45, 7) is 6.83. The fourth-order valence-electron chi connectivity index (χ4n) is 2.02. The number of hydrogen-bond acceptors (Lipinski definition) is 6. The summed E-state index contributed by atoms with van der Waals surface area (Å²) in [5.41, 5.74) is -1.29. The summed E-state index contributed by atoms with van der Waals surface area (Å²) >= 11 is 0. The van der Waals surface area contributed by atoms with Crippen molar-refractivity contribution in [2.24, 2.45) is 0 Å².